The first-order valence-corrected chi connectivity index (χ1v) is 5.84. The predicted octanol–water partition coefficient (Wildman–Crippen LogP) is 0.367. The average Bonchev–Trinajstić information content (AvgIpc) is 2.32. The van der Waals surface area contributed by atoms with Crippen molar-refractivity contribution in [2.24, 2.45) is 5.73 Å². The fourth-order valence-corrected chi connectivity index (χ4v) is 2.11. The highest BCUT2D eigenvalue weighted by Crippen LogP contribution is 2.19. The zero-order valence-electron chi connectivity index (χ0n) is 10.2. The number of primary amides is 1. The average molecular weight is 234 g/mol. The molecule has 1 saturated heterocycles. The molecule has 17 heavy (non-hydrogen) atoms. The van der Waals surface area contributed by atoms with Crippen molar-refractivity contribution in [1.29, 1.82) is 0 Å². The molecule has 0 aliphatic carbocycles. The Morgan fingerprint density at radius 3 is 3.06 bits per heavy atom. The van der Waals surface area contributed by atoms with E-state index in [2.05, 4.69) is 29.0 Å². The van der Waals surface area contributed by atoms with E-state index in [1.165, 1.54) is 0 Å². The van der Waals surface area contributed by atoms with Crippen LogP contribution >= 0.6 is 0 Å². The number of hydrogen-bond donors (Lipinski definition) is 2. The fraction of sp³-hybridized carbons (Fsp3) is 0.500. The maximum absolute atomic E-state index is 11.1. The van der Waals surface area contributed by atoms with E-state index in [1.807, 2.05) is 6.07 Å². The highest BCUT2D eigenvalue weighted by Gasteiger charge is 2.22. The number of nitrogens with two attached hydrogens (primary N) is 1. The molecular formula is C12H18N4O. The van der Waals surface area contributed by atoms with Crippen molar-refractivity contribution in [2.45, 2.75) is 25.9 Å². The summed E-state index contributed by atoms with van der Waals surface area (Å²) in [5.74, 6) is -0.484. The Morgan fingerprint density at radius 2 is 2.35 bits per heavy atom. The lowest BCUT2D eigenvalue weighted by Gasteiger charge is -2.39. The summed E-state index contributed by atoms with van der Waals surface area (Å²) in [6.45, 7) is 6.16. The van der Waals surface area contributed by atoms with Crippen LogP contribution in [0.25, 0.3) is 0 Å². The molecule has 2 unspecified atom stereocenters. The van der Waals surface area contributed by atoms with Gasteiger partial charge in [-0.25, -0.2) is 0 Å². The van der Waals surface area contributed by atoms with E-state index < -0.39 is 5.91 Å². The number of carbonyl (C=O) groups excluding carboxylic acids is 1. The largest absolute Gasteiger partial charge is 0.366 e. The Morgan fingerprint density at radius 1 is 1.59 bits per heavy atom. The van der Waals surface area contributed by atoms with Crippen LogP contribution in [0.15, 0.2) is 18.3 Å². The standard InChI is InChI=1S/C12H18N4O/c1-8-7-16(9(2)6-15-8)10-3-4-14-11(5-10)12(13)17/h3-5,8-9,15H,6-7H2,1-2H3,(H2,13,17). The molecule has 1 amide bonds. The second kappa shape index (κ2) is 4.71. The van der Waals surface area contributed by atoms with Crippen molar-refractivity contribution in [3.05, 3.63) is 24.0 Å². The van der Waals surface area contributed by atoms with E-state index in [-0.39, 0.29) is 0 Å². The summed E-state index contributed by atoms with van der Waals surface area (Å²) in [6, 6.07) is 4.52. The van der Waals surface area contributed by atoms with E-state index >= 15 is 0 Å². The molecule has 0 saturated carbocycles. The van der Waals surface area contributed by atoms with Gasteiger partial charge in [-0.1, -0.05) is 0 Å². The van der Waals surface area contributed by atoms with Crippen LogP contribution in [0, 0.1) is 0 Å². The number of rotatable bonds is 2. The van der Waals surface area contributed by atoms with Gasteiger partial charge in [-0.2, -0.15) is 0 Å². The van der Waals surface area contributed by atoms with E-state index in [0.29, 0.717) is 17.8 Å². The number of hydrogen-bond acceptors (Lipinski definition) is 4. The van der Waals surface area contributed by atoms with Gasteiger partial charge in [-0.3, -0.25) is 9.78 Å². The van der Waals surface area contributed by atoms with E-state index in [9.17, 15) is 4.79 Å². The zero-order chi connectivity index (χ0) is 12.4. The zero-order valence-corrected chi connectivity index (χ0v) is 10.2. The molecule has 0 aromatic carbocycles. The highest BCUT2D eigenvalue weighted by molar-refractivity contribution is 5.91. The van der Waals surface area contributed by atoms with Crippen molar-refractivity contribution in [3.8, 4) is 0 Å². The Kier molecular flexibility index (Phi) is 3.28. The van der Waals surface area contributed by atoms with Crippen LogP contribution in [0.4, 0.5) is 5.69 Å². The van der Waals surface area contributed by atoms with Gasteiger partial charge in [0.1, 0.15) is 5.69 Å². The second-order valence-corrected chi connectivity index (χ2v) is 4.57. The van der Waals surface area contributed by atoms with Gasteiger partial charge in [0.15, 0.2) is 0 Å². The Labute approximate surface area is 101 Å². The van der Waals surface area contributed by atoms with Crippen molar-refractivity contribution < 1.29 is 4.79 Å². The minimum atomic E-state index is -0.484. The van der Waals surface area contributed by atoms with Gasteiger partial charge >= 0.3 is 0 Å². The number of nitrogens with zero attached hydrogens (tertiary/aromatic N) is 2. The van der Waals surface area contributed by atoms with Gasteiger partial charge < -0.3 is 16.0 Å². The molecule has 0 bridgehead atoms. The molecule has 1 aliphatic heterocycles. The minimum absolute atomic E-state index is 0.320. The molecule has 92 valence electrons. The quantitative estimate of drug-likeness (QED) is 0.775. The number of carbonyl (C=O) groups is 1. The number of anilines is 1. The van der Waals surface area contributed by atoms with Gasteiger partial charge in [0.2, 0.25) is 0 Å². The van der Waals surface area contributed by atoms with Crippen molar-refractivity contribution >= 4 is 11.6 Å². The van der Waals surface area contributed by atoms with Gasteiger partial charge in [0.25, 0.3) is 5.91 Å². The lowest BCUT2D eigenvalue weighted by molar-refractivity contribution is 0.0995. The van der Waals surface area contributed by atoms with Gasteiger partial charge in [0, 0.05) is 37.1 Å². The molecule has 5 heteroatoms. The summed E-state index contributed by atoms with van der Waals surface area (Å²) in [6.07, 6.45) is 1.63. The summed E-state index contributed by atoms with van der Waals surface area (Å²) < 4.78 is 0. The second-order valence-electron chi connectivity index (χ2n) is 4.57. The molecule has 3 N–H and O–H groups in total. The molecule has 2 rings (SSSR count). The lowest BCUT2D eigenvalue weighted by atomic mass is 10.1. The third kappa shape index (κ3) is 2.55. The number of amides is 1. The third-order valence-electron chi connectivity index (χ3n) is 3.09. The van der Waals surface area contributed by atoms with Crippen molar-refractivity contribution in [2.75, 3.05) is 18.0 Å². The summed E-state index contributed by atoms with van der Waals surface area (Å²) in [5, 5.41) is 3.42. The first-order valence-electron chi connectivity index (χ1n) is 5.84. The molecule has 2 heterocycles. The Balaban J connectivity index is 2.26. The monoisotopic (exact) mass is 234 g/mol. The molecule has 1 aromatic heterocycles. The maximum Gasteiger partial charge on any atom is 0.267 e. The van der Waals surface area contributed by atoms with Crippen molar-refractivity contribution in [1.82, 2.24) is 10.3 Å². The predicted molar refractivity (Wildman–Crippen MR) is 67.0 cm³/mol. The van der Waals surface area contributed by atoms with Crippen LogP contribution in [0.5, 0.6) is 0 Å². The van der Waals surface area contributed by atoms with E-state index in [0.717, 1.165) is 18.8 Å². The van der Waals surface area contributed by atoms with Crippen LogP contribution in [0.1, 0.15) is 24.3 Å². The van der Waals surface area contributed by atoms with Crippen LogP contribution in [-0.2, 0) is 0 Å². The molecule has 5 nitrogen and oxygen atoms in total. The molecular weight excluding hydrogens is 216 g/mol. The maximum atomic E-state index is 11.1. The SMILES string of the molecule is CC1CN(c2ccnc(C(N)=O)c2)C(C)CN1. The highest BCUT2D eigenvalue weighted by atomic mass is 16.1. The molecule has 0 radical (unpaired) electrons. The number of piperazine rings is 1. The normalized spacial score (nSPS) is 24.7. The van der Waals surface area contributed by atoms with Crippen LogP contribution in [-0.4, -0.2) is 36.1 Å². The number of aromatic nitrogens is 1. The minimum Gasteiger partial charge on any atom is -0.366 e. The molecule has 2 atom stereocenters. The smallest absolute Gasteiger partial charge is 0.267 e. The fourth-order valence-electron chi connectivity index (χ4n) is 2.11. The molecule has 1 aliphatic rings. The summed E-state index contributed by atoms with van der Waals surface area (Å²) in [5.41, 5.74) is 6.57. The van der Waals surface area contributed by atoms with E-state index in [1.54, 1.807) is 12.3 Å². The summed E-state index contributed by atoms with van der Waals surface area (Å²) in [7, 11) is 0. The topological polar surface area (TPSA) is 71.2 Å². The van der Waals surface area contributed by atoms with Crippen LogP contribution in [0.3, 0.4) is 0 Å². The summed E-state index contributed by atoms with van der Waals surface area (Å²) in [4.78, 5) is 17.3. The molecule has 1 fully saturated rings. The number of nitrogens with one attached hydrogen (secondary N) is 1. The number of pyridine rings is 1. The van der Waals surface area contributed by atoms with Crippen LogP contribution in [0.2, 0.25) is 0 Å². The first kappa shape index (κ1) is 11.9. The molecule has 1 aromatic rings. The Bertz CT molecular complexity index is 421. The summed E-state index contributed by atoms with van der Waals surface area (Å²) >= 11 is 0. The first-order chi connectivity index (χ1) is 8.08. The Hall–Kier alpha value is -1.62. The lowest BCUT2D eigenvalue weighted by Crippen LogP contribution is -2.54. The van der Waals surface area contributed by atoms with Gasteiger partial charge in [-0.05, 0) is 26.0 Å². The van der Waals surface area contributed by atoms with Crippen molar-refractivity contribution in [3.63, 3.8) is 0 Å². The van der Waals surface area contributed by atoms with Gasteiger partial charge in [-0.15, -0.1) is 0 Å². The van der Waals surface area contributed by atoms with Crippen LogP contribution < -0.4 is 16.0 Å². The molecule has 0 spiro atoms. The third-order valence-corrected chi connectivity index (χ3v) is 3.09. The van der Waals surface area contributed by atoms with E-state index in [4.69, 9.17) is 5.73 Å². The van der Waals surface area contributed by atoms with Gasteiger partial charge in [0.05, 0.1) is 0 Å².